The Balaban J connectivity index is 1.48. The molecule has 2 heterocycles. The number of benzene rings is 1. The van der Waals surface area contributed by atoms with E-state index in [4.69, 9.17) is 20.9 Å². The third-order valence-corrected chi connectivity index (χ3v) is 5.86. The zero-order valence-corrected chi connectivity index (χ0v) is 17.5. The molecule has 5 nitrogen and oxygen atoms in total. The number of furan rings is 1. The molecule has 166 valence electrons. The van der Waals surface area contributed by atoms with Gasteiger partial charge in [-0.05, 0) is 54.3 Å². The molecule has 0 saturated heterocycles. The monoisotopic (exact) mass is 454 g/mol. The molecule has 9 heteroatoms. The van der Waals surface area contributed by atoms with Crippen molar-refractivity contribution in [2.24, 2.45) is 11.1 Å². The summed E-state index contributed by atoms with van der Waals surface area (Å²) in [5.41, 5.74) is 0.290. The molecule has 2 aliphatic rings. The fraction of sp³-hybridized carbons (Fsp3) is 0.455. The summed E-state index contributed by atoms with van der Waals surface area (Å²) in [7, 11) is 0. The van der Waals surface area contributed by atoms with Gasteiger partial charge in [0.1, 0.15) is 5.71 Å². The van der Waals surface area contributed by atoms with Crippen molar-refractivity contribution in [2.45, 2.75) is 50.9 Å². The number of amides is 1. The molecule has 1 aliphatic carbocycles. The molecule has 1 atom stereocenters. The summed E-state index contributed by atoms with van der Waals surface area (Å²) >= 11 is 5.81. The SMILES string of the molecule is O=C(C1CCCC1)N(Cc1cccc(C(F)(F)F)c1)C[C@@H]1CC(c2ccc(Cl)o2)=NO1. The van der Waals surface area contributed by atoms with Gasteiger partial charge in [-0.2, -0.15) is 13.2 Å². The number of alkyl halides is 3. The quantitative estimate of drug-likeness (QED) is 0.565. The summed E-state index contributed by atoms with van der Waals surface area (Å²) in [4.78, 5) is 20.2. The van der Waals surface area contributed by atoms with Crippen LogP contribution in [-0.4, -0.2) is 29.2 Å². The molecule has 0 spiro atoms. The molecule has 31 heavy (non-hydrogen) atoms. The standard InChI is InChI=1S/C22H22ClF3N2O3/c23-20-9-8-19(30-20)18-11-17(31-27-18)13-28(21(29)15-5-1-2-6-15)12-14-4-3-7-16(10-14)22(24,25)26/h3-4,7-10,15,17H,1-2,5-6,11-13H2/t17-/m0/s1. The Bertz CT molecular complexity index is 967. The number of hydrogen-bond acceptors (Lipinski definition) is 4. The minimum Gasteiger partial charge on any atom is -0.443 e. The smallest absolute Gasteiger partial charge is 0.416 e. The summed E-state index contributed by atoms with van der Waals surface area (Å²) in [6, 6.07) is 8.39. The molecule has 2 aromatic rings. The lowest BCUT2D eigenvalue weighted by atomic mass is 10.0. The number of nitrogens with zero attached hydrogens (tertiary/aromatic N) is 2. The van der Waals surface area contributed by atoms with E-state index in [9.17, 15) is 18.0 Å². The first-order valence-electron chi connectivity index (χ1n) is 10.2. The maximum absolute atomic E-state index is 13.1. The summed E-state index contributed by atoms with van der Waals surface area (Å²) in [6.07, 6.45) is -0.846. The van der Waals surface area contributed by atoms with Gasteiger partial charge >= 0.3 is 6.18 Å². The first-order valence-corrected chi connectivity index (χ1v) is 10.6. The number of oxime groups is 1. The van der Waals surface area contributed by atoms with Gasteiger partial charge in [-0.3, -0.25) is 4.79 Å². The molecular weight excluding hydrogens is 433 g/mol. The lowest BCUT2D eigenvalue weighted by molar-refractivity contribution is -0.137. The summed E-state index contributed by atoms with van der Waals surface area (Å²) < 4.78 is 44.7. The van der Waals surface area contributed by atoms with Gasteiger partial charge in [0.2, 0.25) is 5.91 Å². The van der Waals surface area contributed by atoms with Crippen molar-refractivity contribution in [3.63, 3.8) is 0 Å². The van der Waals surface area contributed by atoms with Crippen LogP contribution in [0.1, 0.15) is 49.0 Å². The molecule has 0 N–H and O–H groups in total. The van der Waals surface area contributed by atoms with E-state index >= 15 is 0 Å². The fourth-order valence-electron chi connectivity index (χ4n) is 4.12. The molecule has 1 fully saturated rings. The van der Waals surface area contributed by atoms with Gasteiger partial charge in [0.15, 0.2) is 17.1 Å². The van der Waals surface area contributed by atoms with E-state index in [0.29, 0.717) is 23.5 Å². The summed E-state index contributed by atoms with van der Waals surface area (Å²) in [5, 5.41) is 4.28. The van der Waals surface area contributed by atoms with Crippen LogP contribution >= 0.6 is 11.6 Å². The average Bonchev–Trinajstić information content (AvgIpc) is 3.48. The van der Waals surface area contributed by atoms with Gasteiger partial charge in [-0.15, -0.1) is 0 Å². The van der Waals surface area contributed by atoms with E-state index in [2.05, 4.69) is 5.16 Å². The first kappa shape index (κ1) is 21.7. The Kier molecular flexibility index (Phi) is 6.27. The van der Waals surface area contributed by atoms with Crippen LogP contribution < -0.4 is 0 Å². The highest BCUT2D eigenvalue weighted by Crippen LogP contribution is 2.31. The highest BCUT2D eigenvalue weighted by molar-refractivity contribution is 6.29. The highest BCUT2D eigenvalue weighted by atomic mass is 35.5. The molecule has 1 aromatic heterocycles. The second kappa shape index (κ2) is 8.94. The Labute approximate surface area is 182 Å². The van der Waals surface area contributed by atoms with E-state index in [-0.39, 0.29) is 30.1 Å². The minimum atomic E-state index is -4.43. The maximum atomic E-state index is 13.1. The van der Waals surface area contributed by atoms with Gasteiger partial charge in [-0.1, -0.05) is 30.1 Å². The summed E-state index contributed by atoms with van der Waals surface area (Å²) in [5.74, 6) is 0.350. The second-order valence-electron chi connectivity index (χ2n) is 7.97. The number of rotatable bonds is 6. The van der Waals surface area contributed by atoms with Crippen LogP contribution in [0.2, 0.25) is 5.22 Å². The zero-order valence-electron chi connectivity index (χ0n) is 16.7. The fourth-order valence-corrected chi connectivity index (χ4v) is 4.26. The third-order valence-electron chi connectivity index (χ3n) is 5.66. The number of carbonyl (C=O) groups is 1. The number of halogens is 4. The second-order valence-corrected chi connectivity index (χ2v) is 8.34. The van der Waals surface area contributed by atoms with Crippen molar-refractivity contribution in [1.82, 2.24) is 4.90 Å². The topological polar surface area (TPSA) is 55.0 Å². The number of hydrogen-bond donors (Lipinski definition) is 0. The Morgan fingerprint density at radius 1 is 1.19 bits per heavy atom. The molecule has 0 bridgehead atoms. The van der Waals surface area contributed by atoms with Crippen LogP contribution in [0.4, 0.5) is 13.2 Å². The molecule has 1 aliphatic heterocycles. The van der Waals surface area contributed by atoms with E-state index in [1.165, 1.54) is 6.07 Å². The lowest BCUT2D eigenvalue weighted by Gasteiger charge is -2.28. The van der Waals surface area contributed by atoms with Crippen molar-refractivity contribution in [2.75, 3.05) is 6.54 Å². The first-order chi connectivity index (χ1) is 14.8. The molecule has 0 radical (unpaired) electrons. The van der Waals surface area contributed by atoms with Crippen molar-refractivity contribution < 1.29 is 27.2 Å². The number of carbonyl (C=O) groups excluding carboxylic acids is 1. The van der Waals surface area contributed by atoms with Crippen LogP contribution in [0, 0.1) is 5.92 Å². The molecule has 1 saturated carbocycles. The van der Waals surface area contributed by atoms with E-state index in [0.717, 1.165) is 37.8 Å². The maximum Gasteiger partial charge on any atom is 0.416 e. The van der Waals surface area contributed by atoms with Crippen molar-refractivity contribution in [3.8, 4) is 0 Å². The van der Waals surface area contributed by atoms with Crippen LogP contribution in [-0.2, 0) is 22.4 Å². The largest absolute Gasteiger partial charge is 0.443 e. The predicted octanol–water partition coefficient (Wildman–Crippen LogP) is 5.66. The lowest BCUT2D eigenvalue weighted by Crippen LogP contribution is -2.40. The van der Waals surface area contributed by atoms with Gasteiger partial charge < -0.3 is 14.2 Å². The molecule has 0 unspecified atom stereocenters. The van der Waals surface area contributed by atoms with Gasteiger partial charge in [0, 0.05) is 18.9 Å². The van der Waals surface area contributed by atoms with E-state index in [1.54, 1.807) is 23.1 Å². The average molecular weight is 455 g/mol. The molecule has 1 amide bonds. The zero-order chi connectivity index (χ0) is 22.0. The van der Waals surface area contributed by atoms with E-state index < -0.39 is 17.8 Å². The Morgan fingerprint density at radius 2 is 1.97 bits per heavy atom. The van der Waals surface area contributed by atoms with Crippen molar-refractivity contribution in [1.29, 1.82) is 0 Å². The van der Waals surface area contributed by atoms with Crippen LogP contribution in [0.3, 0.4) is 0 Å². The van der Waals surface area contributed by atoms with Crippen molar-refractivity contribution >= 4 is 23.2 Å². The molecule has 1 aromatic carbocycles. The van der Waals surface area contributed by atoms with Gasteiger partial charge in [-0.25, -0.2) is 0 Å². The molecular formula is C22H22ClF3N2O3. The van der Waals surface area contributed by atoms with Gasteiger partial charge in [0.25, 0.3) is 0 Å². The van der Waals surface area contributed by atoms with Crippen LogP contribution in [0.25, 0.3) is 0 Å². The minimum absolute atomic E-state index is 0.0481. The van der Waals surface area contributed by atoms with Gasteiger partial charge in [0.05, 0.1) is 12.1 Å². The van der Waals surface area contributed by atoms with Crippen molar-refractivity contribution in [3.05, 3.63) is 58.5 Å². The molecule has 4 rings (SSSR count). The van der Waals surface area contributed by atoms with Crippen LogP contribution in [0.5, 0.6) is 0 Å². The predicted molar refractivity (Wildman–Crippen MR) is 109 cm³/mol. The van der Waals surface area contributed by atoms with E-state index in [1.807, 2.05) is 0 Å². The normalized spacial score (nSPS) is 19.4. The van der Waals surface area contributed by atoms with Crippen LogP contribution in [0.15, 0.2) is 46.0 Å². The third kappa shape index (κ3) is 5.23. The highest BCUT2D eigenvalue weighted by Gasteiger charge is 2.33. The Morgan fingerprint density at radius 3 is 2.65 bits per heavy atom. The Hall–Kier alpha value is -2.48. The summed E-state index contributed by atoms with van der Waals surface area (Å²) in [6.45, 7) is 0.314.